The fraction of sp³-hybridized carbons (Fsp3) is 0.474. The van der Waals surface area contributed by atoms with Crippen LogP contribution in [-0.2, 0) is 0 Å². The van der Waals surface area contributed by atoms with Crippen molar-refractivity contribution in [1.82, 2.24) is 15.2 Å². The van der Waals surface area contributed by atoms with E-state index in [0.29, 0.717) is 12.3 Å². The fourth-order valence-corrected chi connectivity index (χ4v) is 3.75. The third-order valence-corrected chi connectivity index (χ3v) is 5.42. The van der Waals surface area contributed by atoms with Crippen LogP contribution in [-0.4, -0.2) is 41.2 Å². The highest BCUT2D eigenvalue weighted by Gasteiger charge is 2.22. The summed E-state index contributed by atoms with van der Waals surface area (Å²) in [4.78, 5) is 18.9. The summed E-state index contributed by atoms with van der Waals surface area (Å²) in [5.41, 5.74) is 0. The number of carbonyl (C=O) groups excluding carboxylic acids is 1. The first kappa shape index (κ1) is 18.0. The van der Waals surface area contributed by atoms with Crippen molar-refractivity contribution in [2.75, 3.05) is 25.4 Å². The second-order valence-corrected chi connectivity index (χ2v) is 7.36. The monoisotopic (exact) mass is 359 g/mol. The third kappa shape index (κ3) is 5.09. The molecule has 6 heteroatoms. The second kappa shape index (κ2) is 9.06. The molecule has 0 radical (unpaired) electrons. The molecular formula is C19H25N3O2S. The van der Waals surface area contributed by atoms with Gasteiger partial charge in [-0.2, -0.15) is 0 Å². The minimum absolute atomic E-state index is 0.154. The Hall–Kier alpha value is -1.79. The molecule has 5 nitrogen and oxygen atoms in total. The number of thioether (sulfide) groups is 1. The lowest BCUT2D eigenvalue weighted by molar-refractivity contribution is 0.0919. The second-order valence-electron chi connectivity index (χ2n) is 6.25. The molecule has 0 saturated carbocycles. The van der Waals surface area contributed by atoms with Crippen LogP contribution in [0.4, 0.5) is 0 Å². The van der Waals surface area contributed by atoms with Gasteiger partial charge in [0.05, 0.1) is 11.1 Å². The van der Waals surface area contributed by atoms with E-state index in [0.717, 1.165) is 29.6 Å². The van der Waals surface area contributed by atoms with Gasteiger partial charge in [-0.25, -0.2) is 4.98 Å². The maximum atomic E-state index is 12.2. The minimum atomic E-state index is -0.154. The largest absolute Gasteiger partial charge is 0.454 e. The number of hydrogen-bond acceptors (Lipinski definition) is 5. The molecule has 1 fully saturated rings. The van der Waals surface area contributed by atoms with Gasteiger partial charge >= 0.3 is 0 Å². The molecule has 0 unspecified atom stereocenters. The van der Waals surface area contributed by atoms with Crippen LogP contribution >= 0.6 is 11.8 Å². The van der Waals surface area contributed by atoms with E-state index in [2.05, 4.69) is 22.1 Å². The van der Waals surface area contributed by atoms with Crippen molar-refractivity contribution >= 4 is 17.7 Å². The van der Waals surface area contributed by atoms with Gasteiger partial charge in [0, 0.05) is 18.5 Å². The van der Waals surface area contributed by atoms with E-state index in [1.165, 1.54) is 19.3 Å². The number of carbonyl (C=O) groups is 1. The number of nitrogens with zero attached hydrogens (tertiary/aromatic N) is 2. The van der Waals surface area contributed by atoms with Crippen LogP contribution in [0.1, 0.15) is 48.5 Å². The van der Waals surface area contributed by atoms with Crippen LogP contribution in [0.25, 0.3) is 0 Å². The highest BCUT2D eigenvalue weighted by molar-refractivity contribution is 7.99. The summed E-state index contributed by atoms with van der Waals surface area (Å²) in [6, 6.07) is 9.75. The quantitative estimate of drug-likeness (QED) is 0.603. The third-order valence-electron chi connectivity index (χ3n) is 4.48. The number of aromatic nitrogens is 1. The van der Waals surface area contributed by atoms with E-state index in [-0.39, 0.29) is 11.9 Å². The van der Waals surface area contributed by atoms with Crippen LogP contribution in [0, 0.1) is 0 Å². The summed E-state index contributed by atoms with van der Waals surface area (Å²) in [5, 5.41) is 3.87. The number of hydrogen-bond donors (Lipinski definition) is 1. The van der Waals surface area contributed by atoms with Crippen molar-refractivity contribution in [2.45, 2.75) is 37.3 Å². The van der Waals surface area contributed by atoms with Crippen molar-refractivity contribution in [3.8, 4) is 0 Å². The van der Waals surface area contributed by atoms with Gasteiger partial charge in [0.2, 0.25) is 0 Å². The molecule has 1 aliphatic rings. The molecule has 0 bridgehead atoms. The summed E-state index contributed by atoms with van der Waals surface area (Å²) < 4.78 is 5.80. The SMILES string of the molecule is C[C@H](c1ccc(C(=O)NCCSc2ccccn2)o1)N1CCCCC1. The standard InChI is InChI=1S/C19H25N3O2S/c1-15(22-12-5-2-6-13-22)16-8-9-17(24-16)19(23)21-11-14-25-18-7-3-4-10-20-18/h3-4,7-10,15H,2,5-6,11-14H2,1H3,(H,21,23)/t15-/m1/s1. The minimum Gasteiger partial charge on any atom is -0.454 e. The lowest BCUT2D eigenvalue weighted by Crippen LogP contribution is -2.32. The van der Waals surface area contributed by atoms with Crippen molar-refractivity contribution in [2.24, 2.45) is 0 Å². The zero-order valence-corrected chi connectivity index (χ0v) is 15.4. The molecule has 3 rings (SSSR count). The highest BCUT2D eigenvalue weighted by atomic mass is 32.2. The smallest absolute Gasteiger partial charge is 0.287 e. The van der Waals surface area contributed by atoms with Gasteiger partial charge in [-0.15, -0.1) is 11.8 Å². The van der Waals surface area contributed by atoms with Gasteiger partial charge in [-0.05, 0) is 57.1 Å². The highest BCUT2D eigenvalue weighted by Crippen LogP contribution is 2.25. The molecule has 1 amide bonds. The van der Waals surface area contributed by atoms with Crippen molar-refractivity contribution in [1.29, 1.82) is 0 Å². The zero-order chi connectivity index (χ0) is 17.5. The first-order valence-electron chi connectivity index (χ1n) is 8.90. The number of nitrogens with one attached hydrogen (secondary N) is 1. The number of piperidine rings is 1. The van der Waals surface area contributed by atoms with Crippen molar-refractivity contribution < 1.29 is 9.21 Å². The lowest BCUT2D eigenvalue weighted by Gasteiger charge is -2.31. The Morgan fingerprint density at radius 1 is 1.28 bits per heavy atom. The van der Waals surface area contributed by atoms with E-state index in [1.54, 1.807) is 24.0 Å². The van der Waals surface area contributed by atoms with E-state index < -0.39 is 0 Å². The van der Waals surface area contributed by atoms with Crippen molar-refractivity contribution in [3.05, 3.63) is 48.0 Å². The molecule has 25 heavy (non-hydrogen) atoms. The summed E-state index contributed by atoms with van der Waals surface area (Å²) in [7, 11) is 0. The van der Waals surface area contributed by atoms with Crippen LogP contribution in [0.15, 0.2) is 46.0 Å². The first-order chi connectivity index (χ1) is 12.2. The molecule has 3 heterocycles. The maximum Gasteiger partial charge on any atom is 0.287 e. The molecule has 1 N–H and O–H groups in total. The van der Waals surface area contributed by atoms with Gasteiger partial charge in [0.15, 0.2) is 5.76 Å². The Bertz CT molecular complexity index is 668. The molecule has 1 atom stereocenters. The predicted octanol–water partition coefficient (Wildman–Crippen LogP) is 3.74. The molecule has 2 aromatic heterocycles. The summed E-state index contributed by atoms with van der Waals surface area (Å²) in [5.74, 6) is 1.89. The first-order valence-corrected chi connectivity index (χ1v) is 9.88. The van der Waals surface area contributed by atoms with Gasteiger partial charge in [-0.3, -0.25) is 9.69 Å². The van der Waals surface area contributed by atoms with Crippen LogP contribution in [0.3, 0.4) is 0 Å². The Labute approximate surface area is 153 Å². The fourth-order valence-electron chi connectivity index (χ4n) is 3.02. The normalized spacial score (nSPS) is 16.5. The summed E-state index contributed by atoms with van der Waals surface area (Å²) in [6.45, 7) is 4.94. The predicted molar refractivity (Wildman–Crippen MR) is 99.8 cm³/mol. The van der Waals surface area contributed by atoms with E-state index in [9.17, 15) is 4.79 Å². The summed E-state index contributed by atoms with van der Waals surface area (Å²) in [6.07, 6.45) is 5.57. The average molecular weight is 359 g/mol. The van der Waals surface area contributed by atoms with Crippen molar-refractivity contribution in [3.63, 3.8) is 0 Å². The Kier molecular flexibility index (Phi) is 6.53. The van der Waals surface area contributed by atoms with Crippen LogP contribution in [0.5, 0.6) is 0 Å². The lowest BCUT2D eigenvalue weighted by atomic mass is 10.1. The number of furan rings is 1. The molecule has 134 valence electrons. The van der Waals surface area contributed by atoms with E-state index in [1.807, 2.05) is 24.3 Å². The number of amides is 1. The van der Waals surface area contributed by atoms with Crippen LogP contribution < -0.4 is 5.32 Å². The maximum absolute atomic E-state index is 12.2. The average Bonchev–Trinajstić information content (AvgIpc) is 3.16. The van der Waals surface area contributed by atoms with Gasteiger partial charge < -0.3 is 9.73 Å². The van der Waals surface area contributed by atoms with Crippen LogP contribution in [0.2, 0.25) is 0 Å². The molecule has 1 saturated heterocycles. The van der Waals surface area contributed by atoms with E-state index in [4.69, 9.17) is 4.42 Å². The molecule has 0 aromatic carbocycles. The Balaban J connectivity index is 1.45. The molecular weight excluding hydrogens is 334 g/mol. The Morgan fingerprint density at radius 2 is 2.12 bits per heavy atom. The number of pyridine rings is 1. The topological polar surface area (TPSA) is 58.4 Å². The van der Waals surface area contributed by atoms with Gasteiger partial charge in [0.25, 0.3) is 5.91 Å². The zero-order valence-electron chi connectivity index (χ0n) is 14.6. The Morgan fingerprint density at radius 3 is 2.88 bits per heavy atom. The number of likely N-dealkylation sites (tertiary alicyclic amines) is 1. The van der Waals surface area contributed by atoms with Gasteiger partial charge in [0.1, 0.15) is 5.76 Å². The van der Waals surface area contributed by atoms with E-state index >= 15 is 0 Å². The van der Waals surface area contributed by atoms with Gasteiger partial charge in [-0.1, -0.05) is 12.5 Å². The summed E-state index contributed by atoms with van der Waals surface area (Å²) >= 11 is 1.62. The molecule has 1 aliphatic heterocycles. The number of rotatable bonds is 7. The molecule has 0 spiro atoms. The molecule has 2 aromatic rings. The molecule has 0 aliphatic carbocycles.